The van der Waals surface area contributed by atoms with Crippen molar-refractivity contribution in [2.24, 2.45) is 0 Å². The molecule has 0 aliphatic carbocycles. The molecule has 0 aliphatic rings. The van der Waals surface area contributed by atoms with Gasteiger partial charge >= 0.3 is 0 Å². The lowest BCUT2D eigenvalue weighted by Gasteiger charge is -1.96. The first-order valence-electron chi connectivity index (χ1n) is 4.36. The summed E-state index contributed by atoms with van der Waals surface area (Å²) in [4.78, 5) is 15.7. The highest BCUT2D eigenvalue weighted by Crippen LogP contribution is 2.25. The molecule has 7 heteroatoms. The Hall–Kier alpha value is -1.34. The van der Waals surface area contributed by atoms with Crippen LogP contribution in [0.1, 0.15) is 16.2 Å². The normalized spacial score (nSPS) is 10.4. The lowest BCUT2D eigenvalue weighted by atomic mass is 10.4. The summed E-state index contributed by atoms with van der Waals surface area (Å²) < 4.78 is 5.61. The second-order valence-corrected chi connectivity index (χ2v) is 4.84. The maximum Gasteiger partial charge on any atom is 0.293 e. The van der Waals surface area contributed by atoms with E-state index in [1.165, 1.54) is 11.3 Å². The van der Waals surface area contributed by atoms with Gasteiger partial charge in [-0.2, -0.15) is 0 Å². The van der Waals surface area contributed by atoms with Gasteiger partial charge in [0.1, 0.15) is 5.00 Å². The van der Waals surface area contributed by atoms with Gasteiger partial charge in [-0.3, -0.25) is 10.1 Å². The molecule has 2 heterocycles. The summed E-state index contributed by atoms with van der Waals surface area (Å²) in [5.41, 5.74) is 6.34. The van der Waals surface area contributed by atoms with Gasteiger partial charge in [-0.05, 0) is 35.0 Å². The zero-order chi connectivity index (χ0) is 11.7. The van der Waals surface area contributed by atoms with E-state index >= 15 is 0 Å². The molecule has 0 atom stereocenters. The van der Waals surface area contributed by atoms with E-state index in [0.29, 0.717) is 20.5 Å². The van der Waals surface area contributed by atoms with E-state index in [2.05, 4.69) is 26.2 Å². The molecule has 5 nitrogen and oxygen atoms in total. The van der Waals surface area contributed by atoms with E-state index in [9.17, 15) is 4.79 Å². The van der Waals surface area contributed by atoms with Crippen molar-refractivity contribution in [2.45, 2.75) is 6.92 Å². The Balaban J connectivity index is 2.13. The predicted octanol–water partition coefficient (Wildman–Crippen LogP) is 2.64. The lowest BCUT2D eigenvalue weighted by molar-refractivity contribution is 0.0995. The summed E-state index contributed by atoms with van der Waals surface area (Å²) in [5.74, 6) is -0.127. The van der Waals surface area contributed by atoms with Crippen molar-refractivity contribution in [1.29, 1.82) is 0 Å². The standard InChI is InChI=1S/C9H8BrN3O2S/c1-4-7(11)16-9(12-4)13-8(14)5-2-3-6(10)15-5/h2-3H,11H2,1H3,(H,12,13,14). The first-order valence-corrected chi connectivity index (χ1v) is 5.97. The van der Waals surface area contributed by atoms with Crippen LogP contribution in [0.4, 0.5) is 10.1 Å². The number of amides is 1. The Morgan fingerprint density at radius 2 is 2.38 bits per heavy atom. The van der Waals surface area contributed by atoms with E-state index in [4.69, 9.17) is 10.2 Å². The minimum atomic E-state index is -0.348. The lowest BCUT2D eigenvalue weighted by Crippen LogP contribution is -2.10. The fraction of sp³-hybridized carbons (Fsp3) is 0.111. The third-order valence-corrected chi connectivity index (χ3v) is 3.18. The molecule has 0 fully saturated rings. The van der Waals surface area contributed by atoms with E-state index in [0.717, 1.165) is 0 Å². The largest absolute Gasteiger partial charge is 0.444 e. The smallest absolute Gasteiger partial charge is 0.293 e. The van der Waals surface area contributed by atoms with Gasteiger partial charge in [0.2, 0.25) is 0 Å². The summed E-state index contributed by atoms with van der Waals surface area (Å²) in [6.07, 6.45) is 0. The van der Waals surface area contributed by atoms with Gasteiger partial charge in [0.25, 0.3) is 5.91 Å². The SMILES string of the molecule is Cc1nc(NC(=O)c2ccc(Br)o2)sc1N. The minimum absolute atomic E-state index is 0.221. The number of aromatic nitrogens is 1. The topological polar surface area (TPSA) is 81.2 Å². The van der Waals surface area contributed by atoms with E-state index in [-0.39, 0.29) is 11.7 Å². The van der Waals surface area contributed by atoms with Gasteiger partial charge in [-0.25, -0.2) is 4.98 Å². The molecule has 0 spiro atoms. The molecule has 2 rings (SSSR count). The minimum Gasteiger partial charge on any atom is -0.444 e. The average molecular weight is 302 g/mol. The number of hydrogen-bond donors (Lipinski definition) is 2. The van der Waals surface area contributed by atoms with Crippen LogP contribution in [0.5, 0.6) is 0 Å². The fourth-order valence-electron chi connectivity index (χ4n) is 1.06. The second-order valence-electron chi connectivity index (χ2n) is 3.03. The van der Waals surface area contributed by atoms with Crippen LogP contribution in [0.2, 0.25) is 0 Å². The van der Waals surface area contributed by atoms with Crippen LogP contribution in [-0.4, -0.2) is 10.9 Å². The summed E-state index contributed by atoms with van der Waals surface area (Å²) in [6, 6.07) is 3.22. The van der Waals surface area contributed by atoms with Gasteiger partial charge in [0, 0.05) is 0 Å². The van der Waals surface area contributed by atoms with Gasteiger partial charge in [-0.1, -0.05) is 11.3 Å². The number of nitrogens with two attached hydrogens (primary N) is 1. The third kappa shape index (κ3) is 2.25. The Bertz CT molecular complexity index is 515. The van der Waals surface area contributed by atoms with Crippen molar-refractivity contribution in [3.05, 3.63) is 28.3 Å². The molecule has 0 saturated carbocycles. The average Bonchev–Trinajstić information content (AvgIpc) is 2.75. The number of nitrogen functional groups attached to an aromatic ring is 1. The monoisotopic (exact) mass is 301 g/mol. The number of anilines is 2. The van der Waals surface area contributed by atoms with Crippen molar-refractivity contribution in [2.75, 3.05) is 11.1 Å². The maximum absolute atomic E-state index is 11.6. The van der Waals surface area contributed by atoms with Crippen molar-refractivity contribution < 1.29 is 9.21 Å². The summed E-state index contributed by atoms with van der Waals surface area (Å²) in [6.45, 7) is 1.78. The number of halogens is 1. The maximum atomic E-state index is 11.6. The molecule has 2 aromatic rings. The van der Waals surface area contributed by atoms with Crippen molar-refractivity contribution in [1.82, 2.24) is 4.98 Å². The van der Waals surface area contributed by atoms with Crippen LogP contribution in [0.25, 0.3) is 0 Å². The van der Waals surface area contributed by atoms with Crippen molar-refractivity contribution in [3.63, 3.8) is 0 Å². The summed E-state index contributed by atoms with van der Waals surface area (Å²) in [5, 5.41) is 3.67. The number of carbonyl (C=O) groups excluding carboxylic acids is 1. The molecule has 0 radical (unpaired) electrons. The number of thiazole rings is 1. The van der Waals surface area contributed by atoms with Crippen LogP contribution in [0, 0.1) is 6.92 Å². The van der Waals surface area contributed by atoms with E-state index in [1.807, 2.05) is 0 Å². The highest BCUT2D eigenvalue weighted by atomic mass is 79.9. The fourth-order valence-corrected chi connectivity index (χ4v) is 2.09. The molecule has 16 heavy (non-hydrogen) atoms. The Labute approximate surface area is 104 Å². The quantitative estimate of drug-likeness (QED) is 0.893. The zero-order valence-corrected chi connectivity index (χ0v) is 10.7. The van der Waals surface area contributed by atoms with Crippen LogP contribution < -0.4 is 11.1 Å². The van der Waals surface area contributed by atoms with E-state index in [1.54, 1.807) is 19.1 Å². The highest BCUT2D eigenvalue weighted by molar-refractivity contribution is 9.10. The Kier molecular flexibility index (Phi) is 2.97. The molecule has 1 amide bonds. The number of rotatable bonds is 2. The third-order valence-electron chi connectivity index (χ3n) is 1.85. The molecule has 0 unspecified atom stereocenters. The summed E-state index contributed by atoms with van der Waals surface area (Å²) >= 11 is 4.35. The number of nitrogens with zero attached hydrogens (tertiary/aromatic N) is 1. The second kappa shape index (κ2) is 4.26. The van der Waals surface area contributed by atoms with Crippen LogP contribution in [0.3, 0.4) is 0 Å². The van der Waals surface area contributed by atoms with Crippen LogP contribution in [0.15, 0.2) is 21.2 Å². The first-order chi connectivity index (χ1) is 7.56. The molecule has 84 valence electrons. The van der Waals surface area contributed by atoms with Gasteiger partial charge in [-0.15, -0.1) is 0 Å². The number of aryl methyl sites for hydroxylation is 1. The molecular weight excluding hydrogens is 294 g/mol. The van der Waals surface area contributed by atoms with Gasteiger partial charge in [0.15, 0.2) is 15.6 Å². The number of carbonyl (C=O) groups is 1. The summed E-state index contributed by atoms with van der Waals surface area (Å²) in [7, 11) is 0. The first kappa shape index (κ1) is 11.2. The predicted molar refractivity (Wildman–Crippen MR) is 65.6 cm³/mol. The number of nitrogens with one attached hydrogen (secondary N) is 1. The van der Waals surface area contributed by atoms with Crippen LogP contribution in [-0.2, 0) is 0 Å². The zero-order valence-electron chi connectivity index (χ0n) is 8.28. The number of hydrogen-bond acceptors (Lipinski definition) is 5. The van der Waals surface area contributed by atoms with Gasteiger partial charge in [0.05, 0.1) is 5.69 Å². The Morgan fingerprint density at radius 1 is 1.62 bits per heavy atom. The molecule has 2 aromatic heterocycles. The van der Waals surface area contributed by atoms with Crippen molar-refractivity contribution >= 4 is 43.3 Å². The molecule has 0 aliphatic heterocycles. The molecule has 0 aromatic carbocycles. The Morgan fingerprint density at radius 3 is 2.88 bits per heavy atom. The molecule has 0 bridgehead atoms. The molecule has 0 saturated heterocycles. The van der Waals surface area contributed by atoms with Crippen molar-refractivity contribution in [3.8, 4) is 0 Å². The van der Waals surface area contributed by atoms with E-state index < -0.39 is 0 Å². The molecular formula is C9H8BrN3O2S. The van der Waals surface area contributed by atoms with Gasteiger partial charge < -0.3 is 10.2 Å². The molecule has 3 N–H and O–H groups in total. The van der Waals surface area contributed by atoms with Crippen LogP contribution >= 0.6 is 27.3 Å². The number of furan rings is 1. The highest BCUT2D eigenvalue weighted by Gasteiger charge is 2.13.